The predicted molar refractivity (Wildman–Crippen MR) is 61.5 cm³/mol. The Morgan fingerprint density at radius 2 is 2.27 bits per heavy atom. The van der Waals surface area contributed by atoms with Crippen molar-refractivity contribution in [3.8, 4) is 0 Å². The maximum Gasteiger partial charge on any atom is 0.332 e. The van der Waals surface area contributed by atoms with Gasteiger partial charge in [-0.1, -0.05) is 19.9 Å². The van der Waals surface area contributed by atoms with Gasteiger partial charge in [-0.2, -0.15) is 5.10 Å². The van der Waals surface area contributed by atoms with E-state index in [0.29, 0.717) is 0 Å². The zero-order valence-electron chi connectivity index (χ0n) is 9.63. The molecule has 0 heterocycles. The van der Waals surface area contributed by atoms with Crippen LogP contribution in [0.1, 0.15) is 40.0 Å². The van der Waals surface area contributed by atoms with Gasteiger partial charge in [0.25, 0.3) is 0 Å². The van der Waals surface area contributed by atoms with E-state index in [-0.39, 0.29) is 5.41 Å². The van der Waals surface area contributed by atoms with Crippen LogP contribution in [0.25, 0.3) is 0 Å². The molecule has 1 aliphatic carbocycles. The summed E-state index contributed by atoms with van der Waals surface area (Å²) in [7, 11) is 0. The lowest BCUT2D eigenvalue weighted by molar-refractivity contribution is 0.249. The average Bonchev–Trinajstić information content (AvgIpc) is 2.12. The van der Waals surface area contributed by atoms with Crippen molar-refractivity contribution in [1.29, 1.82) is 0 Å². The lowest BCUT2D eigenvalue weighted by Crippen LogP contribution is -2.26. The van der Waals surface area contributed by atoms with E-state index in [1.807, 2.05) is 6.92 Å². The monoisotopic (exact) mass is 209 g/mol. The van der Waals surface area contributed by atoms with Crippen LogP contribution in [0.2, 0.25) is 0 Å². The Morgan fingerprint density at radius 3 is 2.80 bits per heavy atom. The average molecular weight is 209 g/mol. The summed E-state index contributed by atoms with van der Waals surface area (Å²) >= 11 is 0. The minimum absolute atomic E-state index is 0.233. The zero-order valence-corrected chi connectivity index (χ0v) is 9.63. The first-order chi connectivity index (χ1) is 6.91. The largest absolute Gasteiger partial charge is 0.350 e. The van der Waals surface area contributed by atoms with Crippen LogP contribution < -0.4 is 11.2 Å². The fourth-order valence-corrected chi connectivity index (χ4v) is 1.85. The van der Waals surface area contributed by atoms with E-state index in [9.17, 15) is 4.79 Å². The number of urea groups is 1. The summed E-state index contributed by atoms with van der Waals surface area (Å²) in [4.78, 5) is 10.5. The Morgan fingerprint density at radius 1 is 1.60 bits per heavy atom. The SMILES string of the molecule is C/C(=N/NC(N)=O)C1=CC(C)(C)CCC1. The van der Waals surface area contributed by atoms with Crippen LogP contribution in [0.3, 0.4) is 0 Å². The van der Waals surface area contributed by atoms with Gasteiger partial charge in [-0.3, -0.25) is 0 Å². The summed E-state index contributed by atoms with van der Waals surface area (Å²) in [6, 6.07) is -0.620. The third kappa shape index (κ3) is 3.73. The Balaban J connectivity index is 2.75. The standard InChI is InChI=1S/C11H19N3O/c1-8(13-14-10(12)15)9-5-4-6-11(2,3)7-9/h7H,4-6H2,1-3H3,(H3,12,14,15)/b13-8-. The number of allylic oxidation sites excluding steroid dienone is 2. The summed E-state index contributed by atoms with van der Waals surface area (Å²) in [5, 5.41) is 3.94. The lowest BCUT2D eigenvalue weighted by Gasteiger charge is -2.27. The van der Waals surface area contributed by atoms with Crippen LogP contribution >= 0.6 is 0 Å². The number of hydrogen-bond donors (Lipinski definition) is 2. The summed E-state index contributed by atoms with van der Waals surface area (Å²) in [6.07, 6.45) is 5.63. The molecule has 4 heteroatoms. The Labute approximate surface area is 90.6 Å². The molecular formula is C11H19N3O. The van der Waals surface area contributed by atoms with Gasteiger partial charge in [-0.05, 0) is 37.2 Å². The Kier molecular flexibility index (Phi) is 3.50. The van der Waals surface area contributed by atoms with Gasteiger partial charge in [0.2, 0.25) is 0 Å². The third-order valence-electron chi connectivity index (χ3n) is 2.63. The maximum absolute atomic E-state index is 10.5. The topological polar surface area (TPSA) is 67.5 Å². The van der Waals surface area contributed by atoms with E-state index in [1.165, 1.54) is 18.4 Å². The molecule has 0 radical (unpaired) electrons. The van der Waals surface area contributed by atoms with Crippen LogP contribution in [-0.2, 0) is 0 Å². The smallest absolute Gasteiger partial charge is 0.332 e. The van der Waals surface area contributed by atoms with E-state index in [2.05, 4.69) is 30.5 Å². The van der Waals surface area contributed by atoms with E-state index >= 15 is 0 Å². The maximum atomic E-state index is 10.5. The number of hydrazone groups is 1. The molecule has 1 aliphatic rings. The molecule has 0 bridgehead atoms. The molecule has 0 aromatic heterocycles. The van der Waals surface area contributed by atoms with Crippen molar-refractivity contribution in [1.82, 2.24) is 5.43 Å². The first kappa shape index (κ1) is 11.8. The van der Waals surface area contributed by atoms with Gasteiger partial charge < -0.3 is 5.73 Å². The number of hydrogen-bond acceptors (Lipinski definition) is 2. The van der Waals surface area contributed by atoms with Crippen molar-refractivity contribution in [2.75, 3.05) is 0 Å². The molecule has 4 nitrogen and oxygen atoms in total. The minimum Gasteiger partial charge on any atom is -0.350 e. The number of carbonyl (C=O) groups is 1. The second-order valence-corrected chi connectivity index (χ2v) is 4.68. The zero-order chi connectivity index (χ0) is 11.5. The molecule has 0 aromatic rings. The van der Waals surface area contributed by atoms with E-state index in [1.54, 1.807) is 0 Å². The lowest BCUT2D eigenvalue weighted by atomic mass is 9.79. The van der Waals surface area contributed by atoms with Crippen LogP contribution in [0.4, 0.5) is 4.79 Å². The molecule has 0 fully saturated rings. The van der Waals surface area contributed by atoms with Crippen molar-refractivity contribution in [2.24, 2.45) is 16.3 Å². The van der Waals surface area contributed by atoms with Crippen LogP contribution in [0.15, 0.2) is 16.8 Å². The number of amides is 2. The summed E-state index contributed by atoms with van der Waals surface area (Å²) in [5.74, 6) is 0. The first-order valence-electron chi connectivity index (χ1n) is 5.22. The summed E-state index contributed by atoms with van der Waals surface area (Å²) < 4.78 is 0. The molecule has 3 N–H and O–H groups in total. The number of carbonyl (C=O) groups excluding carboxylic acids is 1. The van der Waals surface area contributed by atoms with Gasteiger partial charge in [0.1, 0.15) is 0 Å². The van der Waals surface area contributed by atoms with Crippen LogP contribution in [0, 0.1) is 5.41 Å². The molecule has 2 amide bonds. The van der Waals surface area contributed by atoms with E-state index < -0.39 is 6.03 Å². The summed E-state index contributed by atoms with van der Waals surface area (Å²) in [6.45, 7) is 6.31. The normalized spacial score (nSPS) is 20.7. The molecule has 0 aliphatic heterocycles. The highest BCUT2D eigenvalue weighted by atomic mass is 16.2. The molecule has 84 valence electrons. The molecule has 0 atom stereocenters. The molecule has 0 spiro atoms. The molecule has 15 heavy (non-hydrogen) atoms. The highest BCUT2D eigenvalue weighted by molar-refractivity contribution is 5.98. The van der Waals surface area contributed by atoms with Gasteiger partial charge >= 0.3 is 6.03 Å². The second kappa shape index (κ2) is 4.47. The van der Waals surface area contributed by atoms with Gasteiger partial charge in [0, 0.05) is 0 Å². The molecule has 0 saturated heterocycles. The Bertz CT molecular complexity index is 316. The number of primary amides is 1. The fraction of sp³-hybridized carbons (Fsp3) is 0.636. The van der Waals surface area contributed by atoms with Gasteiger partial charge in [0.15, 0.2) is 0 Å². The van der Waals surface area contributed by atoms with Crippen molar-refractivity contribution >= 4 is 11.7 Å². The van der Waals surface area contributed by atoms with Crippen molar-refractivity contribution in [3.05, 3.63) is 11.6 Å². The quantitative estimate of drug-likeness (QED) is 0.531. The second-order valence-electron chi connectivity index (χ2n) is 4.68. The highest BCUT2D eigenvalue weighted by Gasteiger charge is 2.21. The van der Waals surface area contributed by atoms with Gasteiger partial charge in [-0.15, -0.1) is 0 Å². The third-order valence-corrected chi connectivity index (χ3v) is 2.63. The molecule has 0 aromatic carbocycles. The van der Waals surface area contributed by atoms with Crippen LogP contribution in [0.5, 0.6) is 0 Å². The van der Waals surface area contributed by atoms with Crippen LogP contribution in [-0.4, -0.2) is 11.7 Å². The van der Waals surface area contributed by atoms with Crippen molar-refractivity contribution < 1.29 is 4.79 Å². The molecule has 1 rings (SSSR count). The molecule has 0 unspecified atom stereocenters. The van der Waals surface area contributed by atoms with E-state index in [4.69, 9.17) is 5.73 Å². The number of nitrogens with two attached hydrogens (primary N) is 1. The van der Waals surface area contributed by atoms with Crippen molar-refractivity contribution in [3.63, 3.8) is 0 Å². The van der Waals surface area contributed by atoms with E-state index in [0.717, 1.165) is 12.1 Å². The molecular weight excluding hydrogens is 190 g/mol. The number of rotatable bonds is 2. The fourth-order valence-electron chi connectivity index (χ4n) is 1.85. The number of nitrogens with zero attached hydrogens (tertiary/aromatic N) is 1. The van der Waals surface area contributed by atoms with Gasteiger partial charge in [-0.25, -0.2) is 10.2 Å². The Hall–Kier alpha value is -1.32. The minimum atomic E-state index is -0.620. The molecule has 0 saturated carbocycles. The number of nitrogens with one attached hydrogen (secondary N) is 1. The summed E-state index contributed by atoms with van der Waals surface area (Å²) in [5.41, 5.74) is 9.49. The van der Waals surface area contributed by atoms with Gasteiger partial charge in [0.05, 0.1) is 5.71 Å². The predicted octanol–water partition coefficient (Wildman–Crippen LogP) is 2.17. The first-order valence-corrected chi connectivity index (χ1v) is 5.22. The van der Waals surface area contributed by atoms with Crippen molar-refractivity contribution in [2.45, 2.75) is 40.0 Å². The highest BCUT2D eigenvalue weighted by Crippen LogP contribution is 2.33.